The molecule has 2 aliphatic rings. The lowest BCUT2D eigenvalue weighted by atomic mass is 10.0. The minimum absolute atomic E-state index is 0.192. The molecule has 1 amide bonds. The van der Waals surface area contributed by atoms with E-state index < -0.39 is 0 Å². The first-order valence-electron chi connectivity index (χ1n) is 7.93. The van der Waals surface area contributed by atoms with Crippen molar-refractivity contribution in [3.05, 3.63) is 0 Å². The highest BCUT2D eigenvalue weighted by Gasteiger charge is 2.28. The average Bonchev–Trinajstić information content (AvgIpc) is 2.92. The molecule has 1 aliphatic heterocycles. The number of carbonyl (C=O) groups excluding carboxylic acids is 1. The standard InChI is InChI=1S/C15H27N3OS/c1-2-13(15(16)20)17-7-9-18(10-8-17)14(19)11-12-5-3-4-6-12/h12-13H,2-11H2,1H3,(H2,16,20). The summed E-state index contributed by atoms with van der Waals surface area (Å²) in [6.45, 7) is 5.55. The fourth-order valence-electron chi connectivity index (χ4n) is 3.51. The minimum Gasteiger partial charge on any atom is -0.392 e. The van der Waals surface area contributed by atoms with Gasteiger partial charge in [-0.25, -0.2) is 0 Å². The highest BCUT2D eigenvalue weighted by molar-refractivity contribution is 7.80. The first-order chi connectivity index (χ1) is 9.61. The largest absolute Gasteiger partial charge is 0.392 e. The lowest BCUT2D eigenvalue weighted by Gasteiger charge is -2.39. The normalized spacial score (nSPS) is 22.9. The first kappa shape index (κ1) is 15.7. The van der Waals surface area contributed by atoms with Crippen molar-refractivity contribution in [1.82, 2.24) is 9.80 Å². The van der Waals surface area contributed by atoms with Crippen LogP contribution in [0.1, 0.15) is 45.4 Å². The van der Waals surface area contributed by atoms with Crippen LogP contribution in [0.15, 0.2) is 0 Å². The van der Waals surface area contributed by atoms with Crippen molar-refractivity contribution >= 4 is 23.1 Å². The summed E-state index contributed by atoms with van der Waals surface area (Å²) in [4.78, 5) is 17.2. The Hall–Kier alpha value is -0.680. The zero-order valence-electron chi connectivity index (χ0n) is 12.5. The van der Waals surface area contributed by atoms with E-state index in [0.717, 1.165) is 39.0 Å². The van der Waals surface area contributed by atoms with Crippen LogP contribution in [-0.4, -0.2) is 52.9 Å². The van der Waals surface area contributed by atoms with E-state index in [2.05, 4.69) is 11.8 Å². The van der Waals surface area contributed by atoms with Crippen LogP contribution >= 0.6 is 12.2 Å². The van der Waals surface area contributed by atoms with Gasteiger partial charge in [0.05, 0.1) is 11.0 Å². The second-order valence-electron chi connectivity index (χ2n) is 6.10. The van der Waals surface area contributed by atoms with Crippen molar-refractivity contribution < 1.29 is 4.79 Å². The molecule has 1 saturated carbocycles. The molecule has 1 heterocycles. The van der Waals surface area contributed by atoms with Crippen LogP contribution in [0.3, 0.4) is 0 Å². The van der Waals surface area contributed by atoms with Crippen molar-refractivity contribution in [1.29, 1.82) is 0 Å². The number of carbonyl (C=O) groups is 1. The van der Waals surface area contributed by atoms with Gasteiger partial charge in [0.15, 0.2) is 0 Å². The van der Waals surface area contributed by atoms with E-state index in [1.165, 1.54) is 25.7 Å². The van der Waals surface area contributed by atoms with Crippen LogP contribution in [0.25, 0.3) is 0 Å². The molecule has 0 spiro atoms. The zero-order valence-corrected chi connectivity index (χ0v) is 13.3. The Morgan fingerprint density at radius 2 is 1.85 bits per heavy atom. The number of hydrogen-bond acceptors (Lipinski definition) is 3. The molecule has 1 unspecified atom stereocenters. The second-order valence-corrected chi connectivity index (χ2v) is 6.57. The van der Waals surface area contributed by atoms with E-state index >= 15 is 0 Å². The van der Waals surface area contributed by atoms with Gasteiger partial charge in [-0.1, -0.05) is 32.0 Å². The van der Waals surface area contributed by atoms with E-state index in [9.17, 15) is 4.79 Å². The number of amides is 1. The number of piperazine rings is 1. The summed E-state index contributed by atoms with van der Waals surface area (Å²) in [5.41, 5.74) is 5.79. The van der Waals surface area contributed by atoms with E-state index in [1.54, 1.807) is 0 Å². The molecule has 5 heteroatoms. The van der Waals surface area contributed by atoms with E-state index in [4.69, 9.17) is 18.0 Å². The highest BCUT2D eigenvalue weighted by Crippen LogP contribution is 2.28. The molecule has 1 saturated heterocycles. The van der Waals surface area contributed by atoms with Crippen LogP contribution < -0.4 is 5.73 Å². The number of nitrogens with two attached hydrogens (primary N) is 1. The van der Waals surface area contributed by atoms with E-state index in [-0.39, 0.29) is 6.04 Å². The van der Waals surface area contributed by atoms with E-state index in [0.29, 0.717) is 16.8 Å². The fraction of sp³-hybridized carbons (Fsp3) is 0.867. The lowest BCUT2D eigenvalue weighted by Crippen LogP contribution is -2.54. The van der Waals surface area contributed by atoms with Crippen molar-refractivity contribution in [3.8, 4) is 0 Å². The molecule has 20 heavy (non-hydrogen) atoms. The van der Waals surface area contributed by atoms with Gasteiger partial charge in [0.1, 0.15) is 0 Å². The van der Waals surface area contributed by atoms with E-state index in [1.807, 2.05) is 4.90 Å². The SMILES string of the molecule is CCC(C(N)=S)N1CCN(C(=O)CC2CCCC2)CC1. The predicted molar refractivity (Wildman–Crippen MR) is 85.6 cm³/mol. The molecule has 0 aromatic rings. The smallest absolute Gasteiger partial charge is 0.222 e. The Morgan fingerprint density at radius 3 is 2.35 bits per heavy atom. The number of hydrogen-bond donors (Lipinski definition) is 1. The summed E-state index contributed by atoms with van der Waals surface area (Å²) >= 11 is 5.13. The van der Waals surface area contributed by atoms with Crippen molar-refractivity contribution in [2.24, 2.45) is 11.7 Å². The summed E-state index contributed by atoms with van der Waals surface area (Å²) < 4.78 is 0. The molecule has 0 bridgehead atoms. The van der Waals surface area contributed by atoms with Crippen molar-refractivity contribution in [2.75, 3.05) is 26.2 Å². The molecule has 2 fully saturated rings. The third-order valence-corrected chi connectivity index (χ3v) is 5.03. The molecule has 0 radical (unpaired) electrons. The molecule has 0 aromatic heterocycles. The summed E-state index contributed by atoms with van der Waals surface area (Å²) in [6.07, 6.45) is 6.80. The number of rotatable bonds is 5. The lowest BCUT2D eigenvalue weighted by molar-refractivity contribution is -0.134. The molecule has 2 rings (SSSR count). The Kier molecular flexibility index (Phi) is 5.78. The van der Waals surface area contributed by atoms with Gasteiger partial charge in [-0.15, -0.1) is 0 Å². The molecular formula is C15H27N3OS. The van der Waals surface area contributed by atoms with Gasteiger partial charge >= 0.3 is 0 Å². The molecular weight excluding hydrogens is 270 g/mol. The van der Waals surface area contributed by atoms with Gasteiger partial charge in [0.2, 0.25) is 5.91 Å². The molecule has 1 aliphatic carbocycles. The Bertz CT molecular complexity index is 347. The quantitative estimate of drug-likeness (QED) is 0.786. The summed E-state index contributed by atoms with van der Waals surface area (Å²) in [5.74, 6) is 0.987. The van der Waals surface area contributed by atoms with Gasteiger partial charge < -0.3 is 10.6 Å². The first-order valence-corrected chi connectivity index (χ1v) is 8.33. The Balaban J connectivity index is 1.78. The molecule has 2 N–H and O–H groups in total. The second kappa shape index (κ2) is 7.36. The van der Waals surface area contributed by atoms with Gasteiger partial charge in [0.25, 0.3) is 0 Å². The molecule has 114 valence electrons. The fourth-order valence-corrected chi connectivity index (χ4v) is 3.83. The van der Waals surface area contributed by atoms with Gasteiger partial charge in [-0.2, -0.15) is 0 Å². The monoisotopic (exact) mass is 297 g/mol. The third kappa shape index (κ3) is 3.92. The van der Waals surface area contributed by atoms with Crippen LogP contribution in [0, 0.1) is 5.92 Å². The highest BCUT2D eigenvalue weighted by atomic mass is 32.1. The van der Waals surface area contributed by atoms with Crippen LogP contribution in [0.4, 0.5) is 0 Å². The third-order valence-electron chi connectivity index (χ3n) is 4.76. The molecule has 0 aromatic carbocycles. The predicted octanol–water partition coefficient (Wildman–Crippen LogP) is 1.78. The summed E-state index contributed by atoms with van der Waals surface area (Å²) in [5, 5.41) is 0. The Labute approximate surface area is 127 Å². The van der Waals surface area contributed by atoms with Crippen molar-refractivity contribution in [2.45, 2.75) is 51.5 Å². The number of thiocarbonyl (C=S) groups is 1. The maximum absolute atomic E-state index is 12.3. The molecule has 1 atom stereocenters. The summed E-state index contributed by atoms with van der Waals surface area (Å²) in [7, 11) is 0. The number of nitrogens with zero attached hydrogens (tertiary/aromatic N) is 2. The van der Waals surface area contributed by atoms with Gasteiger partial charge in [-0.05, 0) is 25.2 Å². The average molecular weight is 297 g/mol. The van der Waals surface area contributed by atoms with Crippen molar-refractivity contribution in [3.63, 3.8) is 0 Å². The van der Waals surface area contributed by atoms with Crippen LogP contribution in [-0.2, 0) is 4.79 Å². The van der Waals surface area contributed by atoms with Gasteiger partial charge in [0, 0.05) is 32.6 Å². The maximum atomic E-state index is 12.3. The van der Waals surface area contributed by atoms with Crippen LogP contribution in [0.5, 0.6) is 0 Å². The molecule has 4 nitrogen and oxygen atoms in total. The van der Waals surface area contributed by atoms with Crippen LogP contribution in [0.2, 0.25) is 0 Å². The Morgan fingerprint density at radius 1 is 1.25 bits per heavy atom. The zero-order chi connectivity index (χ0) is 14.5. The van der Waals surface area contributed by atoms with Gasteiger partial charge in [-0.3, -0.25) is 9.69 Å². The summed E-state index contributed by atoms with van der Waals surface area (Å²) in [6, 6.07) is 0.192. The topological polar surface area (TPSA) is 49.6 Å². The minimum atomic E-state index is 0.192. The maximum Gasteiger partial charge on any atom is 0.222 e.